The Morgan fingerprint density at radius 1 is 1.47 bits per heavy atom. The summed E-state index contributed by atoms with van der Waals surface area (Å²) in [5.41, 5.74) is 0. The monoisotopic (exact) mass is 351 g/mol. The molecule has 1 N–H and O–H groups in total. The Hall–Kier alpha value is -0.500. The molecule has 0 amide bonds. The van der Waals surface area contributed by atoms with Gasteiger partial charge in [0.2, 0.25) is 10.0 Å². The quantitative estimate of drug-likeness (QED) is 0.886. The highest BCUT2D eigenvalue weighted by Gasteiger charge is 2.32. The van der Waals surface area contributed by atoms with E-state index in [-0.39, 0.29) is 28.4 Å². The fourth-order valence-corrected chi connectivity index (χ4v) is 3.91. The highest BCUT2D eigenvalue weighted by molar-refractivity contribution is 9.10. The first-order valence-corrected chi connectivity index (χ1v) is 8.19. The summed E-state index contributed by atoms with van der Waals surface area (Å²) in [6, 6.07) is 3.76. The molecule has 2 rings (SSSR count). The molecule has 1 aromatic carbocycles. The van der Waals surface area contributed by atoms with Crippen LogP contribution in [-0.4, -0.2) is 37.0 Å². The van der Waals surface area contributed by atoms with Crippen LogP contribution in [0.15, 0.2) is 27.6 Å². The number of aliphatic hydroxyl groups excluding tert-OH is 1. The van der Waals surface area contributed by atoms with Crippen LogP contribution in [0.5, 0.6) is 0 Å². The number of benzene rings is 1. The minimum absolute atomic E-state index is 0.0585. The highest BCUT2D eigenvalue weighted by Crippen LogP contribution is 2.26. The van der Waals surface area contributed by atoms with E-state index in [1.54, 1.807) is 6.92 Å². The summed E-state index contributed by atoms with van der Waals surface area (Å²) < 4.78 is 39.7. The Kier molecular flexibility index (Phi) is 4.29. The number of halogens is 2. The van der Waals surface area contributed by atoms with Gasteiger partial charge in [0.1, 0.15) is 5.82 Å². The molecule has 1 saturated heterocycles. The van der Waals surface area contributed by atoms with Gasteiger partial charge >= 0.3 is 0 Å². The van der Waals surface area contributed by atoms with E-state index >= 15 is 0 Å². The number of piperidine rings is 1. The average Bonchev–Trinajstić information content (AvgIpc) is 2.35. The van der Waals surface area contributed by atoms with E-state index in [1.807, 2.05) is 0 Å². The van der Waals surface area contributed by atoms with Crippen LogP contribution in [0.4, 0.5) is 4.39 Å². The van der Waals surface area contributed by atoms with Gasteiger partial charge in [-0.05, 0) is 46.5 Å². The lowest BCUT2D eigenvalue weighted by Crippen LogP contribution is -2.44. The summed E-state index contributed by atoms with van der Waals surface area (Å²) in [4.78, 5) is -0.0585. The molecule has 1 heterocycles. The fourth-order valence-electron chi connectivity index (χ4n) is 2.10. The van der Waals surface area contributed by atoms with Crippen LogP contribution < -0.4 is 0 Å². The molecule has 19 heavy (non-hydrogen) atoms. The van der Waals surface area contributed by atoms with E-state index in [4.69, 9.17) is 0 Å². The third-order valence-electron chi connectivity index (χ3n) is 3.35. The number of hydrogen-bond acceptors (Lipinski definition) is 3. The van der Waals surface area contributed by atoms with Crippen molar-refractivity contribution < 1.29 is 17.9 Å². The second kappa shape index (κ2) is 5.47. The molecule has 1 aliphatic heterocycles. The highest BCUT2D eigenvalue weighted by atomic mass is 79.9. The standard InChI is InChI=1S/C12H15BrFNO3S/c1-8-7-15(5-4-12(8)16)19(17,18)9-2-3-10(13)11(14)6-9/h2-3,6,8,12,16H,4-5,7H2,1H3. The molecule has 4 nitrogen and oxygen atoms in total. The minimum Gasteiger partial charge on any atom is -0.393 e. The number of sulfonamides is 1. The first kappa shape index (κ1) is 14.9. The lowest BCUT2D eigenvalue weighted by atomic mass is 9.99. The zero-order valence-electron chi connectivity index (χ0n) is 10.4. The lowest BCUT2D eigenvalue weighted by Gasteiger charge is -2.33. The van der Waals surface area contributed by atoms with Crippen molar-refractivity contribution in [2.75, 3.05) is 13.1 Å². The van der Waals surface area contributed by atoms with Crippen LogP contribution >= 0.6 is 15.9 Å². The Morgan fingerprint density at radius 3 is 2.74 bits per heavy atom. The van der Waals surface area contributed by atoms with Gasteiger partial charge in [-0.15, -0.1) is 0 Å². The maximum atomic E-state index is 13.4. The van der Waals surface area contributed by atoms with Crippen molar-refractivity contribution in [2.24, 2.45) is 5.92 Å². The molecule has 2 unspecified atom stereocenters. The van der Waals surface area contributed by atoms with E-state index < -0.39 is 21.9 Å². The van der Waals surface area contributed by atoms with Gasteiger partial charge in [-0.3, -0.25) is 0 Å². The molecule has 1 aromatic rings. The Bertz CT molecular complexity index is 578. The molecule has 2 atom stereocenters. The summed E-state index contributed by atoms with van der Waals surface area (Å²) >= 11 is 2.99. The van der Waals surface area contributed by atoms with Crippen molar-refractivity contribution in [3.05, 3.63) is 28.5 Å². The van der Waals surface area contributed by atoms with Crippen LogP contribution in [0.25, 0.3) is 0 Å². The second-order valence-corrected chi connectivity index (χ2v) is 7.56. The Morgan fingerprint density at radius 2 is 2.16 bits per heavy atom. The lowest BCUT2D eigenvalue weighted by molar-refractivity contribution is 0.0628. The SMILES string of the molecule is CC1CN(S(=O)(=O)c2ccc(Br)c(F)c2)CCC1O. The van der Waals surface area contributed by atoms with Gasteiger partial charge in [0, 0.05) is 13.1 Å². The molecule has 0 saturated carbocycles. The smallest absolute Gasteiger partial charge is 0.243 e. The molecule has 106 valence electrons. The summed E-state index contributed by atoms with van der Waals surface area (Å²) in [6.07, 6.45) is -0.0764. The van der Waals surface area contributed by atoms with E-state index in [9.17, 15) is 17.9 Å². The van der Waals surface area contributed by atoms with Crippen molar-refractivity contribution in [1.82, 2.24) is 4.31 Å². The van der Waals surface area contributed by atoms with Crippen LogP contribution in [0.3, 0.4) is 0 Å². The van der Waals surface area contributed by atoms with Crippen molar-refractivity contribution in [3.63, 3.8) is 0 Å². The minimum atomic E-state index is -3.70. The fraction of sp³-hybridized carbons (Fsp3) is 0.500. The molecule has 1 aliphatic rings. The van der Waals surface area contributed by atoms with E-state index in [0.717, 1.165) is 6.07 Å². The van der Waals surface area contributed by atoms with Gasteiger partial charge in [0.25, 0.3) is 0 Å². The zero-order valence-corrected chi connectivity index (χ0v) is 12.8. The molecule has 7 heteroatoms. The molecule has 0 spiro atoms. The van der Waals surface area contributed by atoms with Crippen molar-refractivity contribution in [2.45, 2.75) is 24.3 Å². The summed E-state index contributed by atoms with van der Waals surface area (Å²) in [6.45, 7) is 2.31. The van der Waals surface area contributed by atoms with Gasteiger partial charge in [-0.2, -0.15) is 4.31 Å². The van der Waals surface area contributed by atoms with Crippen LogP contribution in [0.1, 0.15) is 13.3 Å². The topological polar surface area (TPSA) is 57.6 Å². The largest absolute Gasteiger partial charge is 0.393 e. The van der Waals surface area contributed by atoms with Crippen molar-refractivity contribution >= 4 is 26.0 Å². The molecular weight excluding hydrogens is 337 g/mol. The van der Waals surface area contributed by atoms with Gasteiger partial charge in [0.05, 0.1) is 15.5 Å². The first-order chi connectivity index (χ1) is 8.82. The van der Waals surface area contributed by atoms with Crippen LogP contribution in [0.2, 0.25) is 0 Å². The summed E-state index contributed by atoms with van der Waals surface area (Å²) in [5.74, 6) is -0.727. The zero-order chi connectivity index (χ0) is 14.2. The average molecular weight is 352 g/mol. The van der Waals surface area contributed by atoms with E-state index in [1.165, 1.54) is 16.4 Å². The summed E-state index contributed by atoms with van der Waals surface area (Å²) in [5, 5.41) is 9.62. The predicted molar refractivity (Wildman–Crippen MR) is 72.6 cm³/mol. The van der Waals surface area contributed by atoms with Gasteiger partial charge in [-0.25, -0.2) is 12.8 Å². The number of hydrogen-bond donors (Lipinski definition) is 1. The molecule has 0 bridgehead atoms. The van der Waals surface area contributed by atoms with Crippen LogP contribution in [0, 0.1) is 11.7 Å². The van der Waals surface area contributed by atoms with Crippen LogP contribution in [-0.2, 0) is 10.0 Å². The van der Waals surface area contributed by atoms with Gasteiger partial charge in [0.15, 0.2) is 0 Å². The normalized spacial score (nSPS) is 25.5. The Labute approximate surface area is 120 Å². The molecule has 1 fully saturated rings. The second-order valence-electron chi connectivity index (χ2n) is 4.77. The maximum Gasteiger partial charge on any atom is 0.243 e. The van der Waals surface area contributed by atoms with E-state index in [2.05, 4.69) is 15.9 Å². The number of rotatable bonds is 2. The number of nitrogens with zero attached hydrogens (tertiary/aromatic N) is 1. The third-order valence-corrected chi connectivity index (χ3v) is 5.86. The molecular formula is C12H15BrFNO3S. The number of aliphatic hydroxyl groups is 1. The summed E-state index contributed by atoms with van der Waals surface area (Å²) in [7, 11) is -3.70. The Balaban J connectivity index is 2.29. The first-order valence-electron chi connectivity index (χ1n) is 5.95. The van der Waals surface area contributed by atoms with Gasteiger partial charge in [-0.1, -0.05) is 6.92 Å². The predicted octanol–water partition coefficient (Wildman–Crippen LogP) is 1.98. The van der Waals surface area contributed by atoms with Gasteiger partial charge < -0.3 is 5.11 Å². The third kappa shape index (κ3) is 2.99. The molecule has 0 radical (unpaired) electrons. The maximum absolute atomic E-state index is 13.4. The van der Waals surface area contributed by atoms with Crippen molar-refractivity contribution in [1.29, 1.82) is 0 Å². The van der Waals surface area contributed by atoms with E-state index in [0.29, 0.717) is 6.42 Å². The molecule has 0 aromatic heterocycles. The molecule has 0 aliphatic carbocycles. The van der Waals surface area contributed by atoms with Crippen molar-refractivity contribution in [3.8, 4) is 0 Å².